The molecule has 0 aliphatic rings. The van der Waals surface area contributed by atoms with Gasteiger partial charge in [-0.25, -0.2) is 10.3 Å². The lowest BCUT2D eigenvalue weighted by atomic mass is 10.2. The minimum Gasteiger partial charge on any atom is -0.884 e. The maximum absolute atomic E-state index is 12.4. The maximum Gasteiger partial charge on any atom is 0.124 e. The van der Waals surface area contributed by atoms with Crippen molar-refractivity contribution in [2.75, 3.05) is 0 Å². The minimum atomic E-state index is -1.36. The predicted molar refractivity (Wildman–Crippen MR) is 39.4 cm³/mol. The molecule has 0 amide bonds. The first-order valence-corrected chi connectivity index (χ1v) is 3.48. The molecule has 1 rings (SSSR count). The van der Waals surface area contributed by atoms with E-state index in [1.165, 1.54) is 6.07 Å². The zero-order valence-electron chi connectivity index (χ0n) is 5.88. The van der Waals surface area contributed by atoms with Crippen molar-refractivity contribution in [3.8, 4) is 0 Å². The normalized spacial score (nSPS) is 9.50. The topological polar surface area (TPSA) is 46.1 Å². The minimum absolute atomic E-state index is 0.0548. The third kappa shape index (κ3) is 2.13. The SMILES string of the molecule is [O-]C([O-])=Cc1ccc(F)cc1Cl. The summed E-state index contributed by atoms with van der Waals surface area (Å²) in [6.45, 7) is 0. The summed E-state index contributed by atoms with van der Waals surface area (Å²) in [6, 6.07) is 3.43. The lowest BCUT2D eigenvalue weighted by molar-refractivity contribution is -0.510. The van der Waals surface area contributed by atoms with Crippen molar-refractivity contribution in [2.24, 2.45) is 0 Å². The molecule has 0 bridgehead atoms. The standard InChI is InChI=1S/C8H6ClFO2/c9-7-4-6(10)2-1-5(7)3-8(11)12/h1-4,11-12H/p-2. The molecule has 0 unspecified atom stereocenters. The number of hydrogen-bond donors (Lipinski definition) is 0. The monoisotopic (exact) mass is 186 g/mol. The van der Waals surface area contributed by atoms with Gasteiger partial charge in [0.2, 0.25) is 0 Å². The fourth-order valence-electron chi connectivity index (χ4n) is 0.746. The average molecular weight is 187 g/mol. The molecule has 64 valence electrons. The van der Waals surface area contributed by atoms with E-state index in [0.717, 1.165) is 18.2 Å². The summed E-state index contributed by atoms with van der Waals surface area (Å²) in [7, 11) is 0. The zero-order chi connectivity index (χ0) is 9.14. The second-order valence-corrected chi connectivity index (χ2v) is 2.54. The van der Waals surface area contributed by atoms with E-state index < -0.39 is 11.8 Å². The summed E-state index contributed by atoms with van der Waals surface area (Å²) < 4.78 is 12.4. The van der Waals surface area contributed by atoms with E-state index in [2.05, 4.69) is 0 Å². The van der Waals surface area contributed by atoms with Crippen molar-refractivity contribution >= 4 is 17.7 Å². The van der Waals surface area contributed by atoms with Crippen molar-refractivity contribution in [3.63, 3.8) is 0 Å². The van der Waals surface area contributed by atoms with Gasteiger partial charge in [-0.1, -0.05) is 23.7 Å². The highest BCUT2D eigenvalue weighted by Crippen LogP contribution is 2.18. The Labute approximate surface area is 73.5 Å². The molecule has 4 heteroatoms. The molecule has 0 saturated carbocycles. The lowest BCUT2D eigenvalue weighted by Gasteiger charge is -2.16. The van der Waals surface area contributed by atoms with Gasteiger partial charge in [0.05, 0.1) is 5.02 Å². The van der Waals surface area contributed by atoms with Gasteiger partial charge in [-0.2, -0.15) is 0 Å². The Morgan fingerprint density at radius 3 is 2.58 bits per heavy atom. The molecule has 0 aliphatic heterocycles. The van der Waals surface area contributed by atoms with E-state index in [9.17, 15) is 14.6 Å². The number of benzene rings is 1. The molecule has 0 aromatic heterocycles. The van der Waals surface area contributed by atoms with Crippen LogP contribution in [0.3, 0.4) is 0 Å². The summed E-state index contributed by atoms with van der Waals surface area (Å²) in [4.78, 5) is 0. The lowest BCUT2D eigenvalue weighted by Crippen LogP contribution is -2.17. The van der Waals surface area contributed by atoms with Gasteiger partial charge in [-0.05, 0) is 17.7 Å². The van der Waals surface area contributed by atoms with E-state index in [4.69, 9.17) is 11.6 Å². The van der Waals surface area contributed by atoms with Gasteiger partial charge >= 0.3 is 0 Å². The smallest absolute Gasteiger partial charge is 0.124 e. The van der Waals surface area contributed by atoms with Crippen molar-refractivity contribution < 1.29 is 14.6 Å². The number of halogens is 2. The molecule has 1 aromatic carbocycles. The third-order valence-electron chi connectivity index (χ3n) is 1.24. The average Bonchev–Trinajstić information content (AvgIpc) is 1.94. The Hall–Kier alpha value is -1.22. The van der Waals surface area contributed by atoms with E-state index in [1.807, 2.05) is 0 Å². The summed E-state index contributed by atoms with van der Waals surface area (Å²) in [6.07, 6.45) is 0.807. The number of rotatable bonds is 1. The van der Waals surface area contributed by atoms with Crippen LogP contribution in [0.5, 0.6) is 0 Å². The van der Waals surface area contributed by atoms with Crippen LogP contribution < -0.4 is 10.2 Å². The molecule has 0 aliphatic carbocycles. The van der Waals surface area contributed by atoms with Gasteiger partial charge in [-0.3, -0.25) is 0 Å². The summed E-state index contributed by atoms with van der Waals surface area (Å²) in [5, 5.41) is 20.2. The van der Waals surface area contributed by atoms with E-state index >= 15 is 0 Å². The zero-order valence-corrected chi connectivity index (χ0v) is 6.64. The van der Waals surface area contributed by atoms with Crippen LogP contribution in [0, 0.1) is 5.82 Å². The third-order valence-corrected chi connectivity index (χ3v) is 1.56. The molecule has 2 nitrogen and oxygen atoms in total. The molecule has 0 fully saturated rings. The van der Waals surface area contributed by atoms with Gasteiger partial charge in [0.15, 0.2) is 0 Å². The predicted octanol–water partition coefficient (Wildman–Crippen LogP) is 0.498. The Balaban J connectivity index is 3.10. The highest BCUT2D eigenvalue weighted by molar-refractivity contribution is 6.32. The van der Waals surface area contributed by atoms with Crippen LogP contribution in [0.4, 0.5) is 4.39 Å². The molecule has 0 heterocycles. The van der Waals surface area contributed by atoms with Crippen LogP contribution >= 0.6 is 11.6 Å². The second-order valence-electron chi connectivity index (χ2n) is 2.13. The Morgan fingerprint density at radius 2 is 2.08 bits per heavy atom. The quantitative estimate of drug-likeness (QED) is 0.600. The molecular formula is C8H4ClFO2-2. The summed E-state index contributed by atoms with van der Waals surface area (Å²) in [5.74, 6) is -1.86. The molecule has 0 N–H and O–H groups in total. The second kappa shape index (κ2) is 3.45. The van der Waals surface area contributed by atoms with Crippen LogP contribution in [0.15, 0.2) is 24.1 Å². The molecule has 0 radical (unpaired) electrons. The summed E-state index contributed by atoms with van der Waals surface area (Å²) in [5.41, 5.74) is 0.234. The molecule has 12 heavy (non-hydrogen) atoms. The van der Waals surface area contributed by atoms with Crippen LogP contribution in [-0.2, 0) is 0 Å². The van der Waals surface area contributed by atoms with Crippen molar-refractivity contribution in [3.05, 3.63) is 40.5 Å². The van der Waals surface area contributed by atoms with Crippen molar-refractivity contribution in [1.29, 1.82) is 0 Å². The van der Waals surface area contributed by atoms with Crippen molar-refractivity contribution in [2.45, 2.75) is 0 Å². The van der Waals surface area contributed by atoms with E-state index in [1.54, 1.807) is 0 Å². The van der Waals surface area contributed by atoms with Gasteiger partial charge in [0.1, 0.15) is 5.82 Å². The fraction of sp³-hybridized carbons (Fsp3) is 0. The fourth-order valence-corrected chi connectivity index (χ4v) is 0.967. The molecule has 0 saturated heterocycles. The van der Waals surface area contributed by atoms with Gasteiger partial charge < -0.3 is 10.2 Å². The van der Waals surface area contributed by atoms with Gasteiger partial charge in [0.25, 0.3) is 0 Å². The first kappa shape index (κ1) is 8.87. The molecule has 1 aromatic rings. The Bertz CT molecular complexity index is 319. The molecule has 0 spiro atoms. The van der Waals surface area contributed by atoms with Crippen molar-refractivity contribution in [1.82, 2.24) is 0 Å². The first-order valence-electron chi connectivity index (χ1n) is 3.10. The maximum atomic E-state index is 12.4. The van der Waals surface area contributed by atoms with Crippen LogP contribution in [0.2, 0.25) is 5.02 Å². The van der Waals surface area contributed by atoms with Crippen LogP contribution in [-0.4, -0.2) is 0 Å². The Kier molecular flexibility index (Phi) is 2.55. The van der Waals surface area contributed by atoms with E-state index in [-0.39, 0.29) is 10.6 Å². The molecular weight excluding hydrogens is 183 g/mol. The van der Waals surface area contributed by atoms with Gasteiger partial charge in [0, 0.05) is 0 Å². The van der Waals surface area contributed by atoms with Crippen LogP contribution in [0.25, 0.3) is 6.08 Å². The highest BCUT2D eigenvalue weighted by atomic mass is 35.5. The van der Waals surface area contributed by atoms with Crippen LogP contribution in [0.1, 0.15) is 5.56 Å². The summed E-state index contributed by atoms with van der Waals surface area (Å²) >= 11 is 5.51. The molecule has 0 atom stereocenters. The van der Waals surface area contributed by atoms with Gasteiger partial charge in [-0.15, -0.1) is 0 Å². The first-order chi connectivity index (χ1) is 5.59. The van der Waals surface area contributed by atoms with E-state index in [0.29, 0.717) is 0 Å². The highest BCUT2D eigenvalue weighted by Gasteiger charge is 1.96. The Morgan fingerprint density at radius 1 is 1.42 bits per heavy atom. The largest absolute Gasteiger partial charge is 0.884 e. The number of hydrogen-bond acceptors (Lipinski definition) is 2.